The molecule has 3 nitrogen and oxygen atoms in total. The van der Waals surface area contributed by atoms with Crippen LogP contribution in [0, 0.1) is 5.92 Å². The smallest absolute Gasteiger partial charge is 0.127 e. The molecule has 108 valence electrons. The minimum atomic E-state index is 0.0554. The lowest BCUT2D eigenvalue weighted by molar-refractivity contribution is 0.454. The minimum absolute atomic E-state index is 0.0554. The lowest BCUT2D eigenvalue weighted by atomic mass is 9.95. The molecule has 1 saturated carbocycles. The van der Waals surface area contributed by atoms with Gasteiger partial charge in [-0.25, -0.2) is 4.98 Å². The van der Waals surface area contributed by atoms with Gasteiger partial charge in [-0.3, -0.25) is 0 Å². The topological polar surface area (TPSA) is 43.8 Å². The zero-order valence-corrected chi connectivity index (χ0v) is 13.2. The predicted molar refractivity (Wildman–Crippen MR) is 81.4 cm³/mol. The Morgan fingerprint density at radius 3 is 2.32 bits per heavy atom. The third-order valence-corrected chi connectivity index (χ3v) is 4.00. The number of aromatic nitrogens is 2. The molecular formula is C16H29N3. The fourth-order valence-electron chi connectivity index (χ4n) is 3.11. The Labute approximate surface area is 117 Å². The van der Waals surface area contributed by atoms with Crippen LogP contribution in [0.15, 0.2) is 0 Å². The molecule has 0 atom stereocenters. The average molecular weight is 263 g/mol. The van der Waals surface area contributed by atoms with Crippen LogP contribution in [0.2, 0.25) is 0 Å². The van der Waals surface area contributed by atoms with E-state index < -0.39 is 0 Å². The summed E-state index contributed by atoms with van der Waals surface area (Å²) in [5, 5.41) is 0. The number of anilines is 1. The van der Waals surface area contributed by atoms with Crippen molar-refractivity contribution < 1.29 is 0 Å². The molecule has 0 aromatic carbocycles. The van der Waals surface area contributed by atoms with Crippen molar-refractivity contribution in [3.05, 3.63) is 11.5 Å². The molecule has 1 fully saturated rings. The van der Waals surface area contributed by atoms with E-state index in [1.807, 2.05) is 0 Å². The van der Waals surface area contributed by atoms with Crippen LogP contribution in [0.25, 0.3) is 0 Å². The standard InChI is InChI=1S/C16H29N3/c1-11(2)10-19-14(17)13(12-8-6-7-9-12)18-15(19)16(3,4)5/h11-12H,6-10,17H2,1-5H3. The Bertz CT molecular complexity index is 432. The Balaban J connectivity index is 2.43. The molecule has 0 saturated heterocycles. The fourth-order valence-corrected chi connectivity index (χ4v) is 3.11. The van der Waals surface area contributed by atoms with Gasteiger partial charge in [0.05, 0.1) is 5.69 Å². The normalized spacial score (nSPS) is 17.6. The summed E-state index contributed by atoms with van der Waals surface area (Å²) in [5.74, 6) is 3.26. The number of hydrogen-bond donors (Lipinski definition) is 1. The summed E-state index contributed by atoms with van der Waals surface area (Å²) in [6.45, 7) is 12.1. The van der Waals surface area contributed by atoms with Crippen LogP contribution in [0.4, 0.5) is 5.82 Å². The monoisotopic (exact) mass is 263 g/mol. The summed E-state index contributed by atoms with van der Waals surface area (Å²) in [6.07, 6.45) is 5.16. The van der Waals surface area contributed by atoms with E-state index in [4.69, 9.17) is 10.7 Å². The van der Waals surface area contributed by atoms with Gasteiger partial charge in [0, 0.05) is 17.9 Å². The van der Waals surface area contributed by atoms with Crippen LogP contribution in [-0.2, 0) is 12.0 Å². The molecule has 1 aliphatic carbocycles. The van der Waals surface area contributed by atoms with Gasteiger partial charge in [0.15, 0.2) is 0 Å². The van der Waals surface area contributed by atoms with Crippen molar-refractivity contribution in [3.63, 3.8) is 0 Å². The molecular weight excluding hydrogens is 234 g/mol. The van der Waals surface area contributed by atoms with Crippen molar-refractivity contribution >= 4 is 5.82 Å². The number of rotatable bonds is 3. The minimum Gasteiger partial charge on any atom is -0.384 e. The zero-order valence-electron chi connectivity index (χ0n) is 13.2. The number of nitrogens with zero attached hydrogens (tertiary/aromatic N) is 2. The highest BCUT2D eigenvalue weighted by atomic mass is 15.2. The van der Waals surface area contributed by atoms with E-state index in [2.05, 4.69) is 39.2 Å². The van der Waals surface area contributed by atoms with E-state index in [0.717, 1.165) is 18.2 Å². The molecule has 2 rings (SSSR count). The highest BCUT2D eigenvalue weighted by Gasteiger charge is 2.29. The molecule has 0 amide bonds. The third-order valence-electron chi connectivity index (χ3n) is 4.00. The second-order valence-electron chi connectivity index (χ2n) is 7.44. The fraction of sp³-hybridized carbons (Fsp3) is 0.812. The number of nitrogens with two attached hydrogens (primary N) is 1. The largest absolute Gasteiger partial charge is 0.384 e. The number of hydrogen-bond acceptors (Lipinski definition) is 2. The van der Waals surface area contributed by atoms with Gasteiger partial charge in [0.1, 0.15) is 11.6 Å². The lowest BCUT2D eigenvalue weighted by Crippen LogP contribution is -2.21. The van der Waals surface area contributed by atoms with Gasteiger partial charge in [0.25, 0.3) is 0 Å². The van der Waals surface area contributed by atoms with Gasteiger partial charge in [-0.15, -0.1) is 0 Å². The molecule has 3 heteroatoms. The van der Waals surface area contributed by atoms with E-state index in [1.54, 1.807) is 0 Å². The van der Waals surface area contributed by atoms with Gasteiger partial charge in [-0.1, -0.05) is 47.5 Å². The predicted octanol–water partition coefficient (Wildman–Crippen LogP) is 4.08. The van der Waals surface area contributed by atoms with E-state index in [-0.39, 0.29) is 5.41 Å². The van der Waals surface area contributed by atoms with Gasteiger partial charge in [-0.05, 0) is 18.8 Å². The summed E-state index contributed by atoms with van der Waals surface area (Å²) in [7, 11) is 0. The van der Waals surface area contributed by atoms with E-state index in [9.17, 15) is 0 Å². The molecule has 1 heterocycles. The van der Waals surface area contributed by atoms with Crippen LogP contribution < -0.4 is 5.73 Å². The molecule has 1 aromatic heterocycles. The van der Waals surface area contributed by atoms with E-state index in [0.29, 0.717) is 11.8 Å². The first-order chi connectivity index (χ1) is 8.80. The van der Waals surface area contributed by atoms with Gasteiger partial charge in [0.2, 0.25) is 0 Å². The SMILES string of the molecule is CC(C)Cn1c(C(C)(C)C)nc(C2CCCC2)c1N. The zero-order chi connectivity index (χ0) is 14.2. The summed E-state index contributed by atoms with van der Waals surface area (Å²) in [5.41, 5.74) is 7.65. The lowest BCUT2D eigenvalue weighted by Gasteiger charge is -2.21. The van der Waals surface area contributed by atoms with Crippen molar-refractivity contribution in [3.8, 4) is 0 Å². The molecule has 1 aliphatic rings. The van der Waals surface area contributed by atoms with Crippen LogP contribution in [0.1, 0.15) is 77.7 Å². The van der Waals surface area contributed by atoms with E-state index >= 15 is 0 Å². The van der Waals surface area contributed by atoms with Crippen LogP contribution in [0.3, 0.4) is 0 Å². The van der Waals surface area contributed by atoms with Gasteiger partial charge < -0.3 is 10.3 Å². The molecule has 0 unspecified atom stereocenters. The van der Waals surface area contributed by atoms with Crippen LogP contribution in [-0.4, -0.2) is 9.55 Å². The van der Waals surface area contributed by atoms with Gasteiger partial charge >= 0.3 is 0 Å². The summed E-state index contributed by atoms with van der Waals surface area (Å²) < 4.78 is 2.26. The quantitative estimate of drug-likeness (QED) is 0.893. The second kappa shape index (κ2) is 5.18. The molecule has 2 N–H and O–H groups in total. The van der Waals surface area contributed by atoms with Crippen molar-refractivity contribution in [2.24, 2.45) is 5.92 Å². The maximum atomic E-state index is 6.43. The highest BCUT2D eigenvalue weighted by Crippen LogP contribution is 2.38. The Hall–Kier alpha value is -0.990. The Morgan fingerprint density at radius 1 is 1.26 bits per heavy atom. The summed E-state index contributed by atoms with van der Waals surface area (Å²) >= 11 is 0. The highest BCUT2D eigenvalue weighted by molar-refractivity contribution is 5.42. The van der Waals surface area contributed by atoms with Crippen molar-refractivity contribution in [2.45, 2.75) is 78.2 Å². The average Bonchev–Trinajstić information content (AvgIpc) is 2.86. The molecule has 0 radical (unpaired) electrons. The maximum Gasteiger partial charge on any atom is 0.127 e. The Kier molecular flexibility index (Phi) is 3.93. The van der Waals surface area contributed by atoms with E-state index in [1.165, 1.54) is 31.4 Å². The van der Waals surface area contributed by atoms with Crippen molar-refractivity contribution in [1.29, 1.82) is 0 Å². The Morgan fingerprint density at radius 2 is 1.84 bits per heavy atom. The van der Waals surface area contributed by atoms with Crippen molar-refractivity contribution in [1.82, 2.24) is 9.55 Å². The summed E-state index contributed by atoms with van der Waals surface area (Å²) in [4.78, 5) is 4.95. The first-order valence-electron chi connectivity index (χ1n) is 7.67. The molecule has 0 spiro atoms. The first-order valence-corrected chi connectivity index (χ1v) is 7.67. The number of nitrogen functional groups attached to an aromatic ring is 1. The van der Waals surface area contributed by atoms with Crippen molar-refractivity contribution in [2.75, 3.05) is 5.73 Å². The number of imidazole rings is 1. The maximum absolute atomic E-state index is 6.43. The second-order valence-corrected chi connectivity index (χ2v) is 7.44. The van der Waals surface area contributed by atoms with Crippen LogP contribution >= 0.6 is 0 Å². The van der Waals surface area contributed by atoms with Crippen LogP contribution in [0.5, 0.6) is 0 Å². The molecule has 0 bridgehead atoms. The summed E-state index contributed by atoms with van der Waals surface area (Å²) in [6, 6.07) is 0. The third kappa shape index (κ3) is 2.96. The molecule has 0 aliphatic heterocycles. The van der Waals surface area contributed by atoms with Gasteiger partial charge in [-0.2, -0.15) is 0 Å². The molecule has 1 aromatic rings. The molecule has 19 heavy (non-hydrogen) atoms. The first kappa shape index (κ1) is 14.4.